The number of benzene rings is 1. The van der Waals surface area contributed by atoms with Crippen molar-refractivity contribution >= 4 is 22.9 Å². The minimum absolute atomic E-state index is 0.0490. The fourth-order valence-electron chi connectivity index (χ4n) is 3.65. The van der Waals surface area contributed by atoms with Gasteiger partial charge in [-0.05, 0) is 36.4 Å². The topological polar surface area (TPSA) is 61.6 Å². The average molecular weight is 411 g/mol. The second-order valence-corrected chi connectivity index (χ2v) is 8.47. The number of aryl methyl sites for hydroxylation is 2. The fraction of sp³-hybridized carbons (Fsp3) is 0.364. The highest BCUT2D eigenvalue weighted by Gasteiger charge is 2.21. The lowest BCUT2D eigenvalue weighted by atomic mass is 10.1. The summed E-state index contributed by atoms with van der Waals surface area (Å²) in [6, 6.07) is 12.1. The van der Waals surface area contributed by atoms with Crippen LogP contribution in [0.2, 0.25) is 0 Å². The molecule has 6 nitrogen and oxygen atoms in total. The molecule has 4 rings (SSSR count). The Hall–Kier alpha value is -2.48. The monoisotopic (exact) mass is 410 g/mol. The maximum Gasteiger partial charge on any atom is 0.238 e. The summed E-state index contributed by atoms with van der Waals surface area (Å²) in [6.45, 7) is 8.82. The lowest BCUT2D eigenvalue weighted by molar-refractivity contribution is -0.117. The van der Waals surface area contributed by atoms with E-state index in [1.54, 1.807) is 11.3 Å². The summed E-state index contributed by atoms with van der Waals surface area (Å²) in [5.41, 5.74) is 4.08. The molecule has 1 amide bonds. The van der Waals surface area contributed by atoms with Gasteiger partial charge in [0.2, 0.25) is 5.91 Å². The highest BCUT2D eigenvalue weighted by atomic mass is 32.1. The lowest BCUT2D eigenvalue weighted by Gasteiger charge is -2.33. The molecule has 0 saturated carbocycles. The standard InChI is InChI=1S/C22H26N4O2S/c1-16-5-3-6-17(2)22(16)23-21(27)15-26-10-8-25(9-11-26)14-18-13-19(28-24-18)20-7-4-12-29-20/h3-7,12-13H,8-11,14-15H2,1-2H3,(H,23,27). The van der Waals surface area contributed by atoms with Gasteiger partial charge in [-0.1, -0.05) is 29.4 Å². The SMILES string of the molecule is Cc1cccc(C)c1NC(=O)CN1CCN(Cc2cc(-c3cccs3)on2)CC1. The van der Waals surface area contributed by atoms with Gasteiger partial charge in [0.15, 0.2) is 5.76 Å². The third kappa shape index (κ3) is 4.93. The van der Waals surface area contributed by atoms with Gasteiger partial charge in [-0.2, -0.15) is 0 Å². The number of aromatic nitrogens is 1. The summed E-state index contributed by atoms with van der Waals surface area (Å²) in [4.78, 5) is 18.2. The van der Waals surface area contributed by atoms with Crippen LogP contribution in [-0.4, -0.2) is 53.6 Å². The molecule has 1 fully saturated rings. The normalized spacial score (nSPS) is 15.5. The first-order chi connectivity index (χ1) is 14.1. The Morgan fingerprint density at radius 3 is 2.52 bits per heavy atom. The third-order valence-corrected chi connectivity index (χ3v) is 6.17. The van der Waals surface area contributed by atoms with Crippen LogP contribution < -0.4 is 5.32 Å². The first kappa shape index (κ1) is 19.8. The van der Waals surface area contributed by atoms with E-state index < -0.39 is 0 Å². The summed E-state index contributed by atoms with van der Waals surface area (Å²) < 4.78 is 5.47. The Labute approximate surface area is 175 Å². The van der Waals surface area contributed by atoms with E-state index in [1.807, 2.05) is 55.6 Å². The van der Waals surface area contributed by atoms with Gasteiger partial charge in [-0.3, -0.25) is 14.6 Å². The van der Waals surface area contributed by atoms with Crippen molar-refractivity contribution in [2.75, 3.05) is 38.0 Å². The van der Waals surface area contributed by atoms with Crippen LogP contribution in [0.5, 0.6) is 0 Å². The van der Waals surface area contributed by atoms with Crippen LogP contribution in [0.3, 0.4) is 0 Å². The molecule has 1 aliphatic heterocycles. The number of hydrogen-bond acceptors (Lipinski definition) is 6. The molecule has 0 bridgehead atoms. The maximum absolute atomic E-state index is 12.5. The van der Waals surface area contributed by atoms with E-state index >= 15 is 0 Å². The summed E-state index contributed by atoms with van der Waals surface area (Å²) in [6.07, 6.45) is 0. The van der Waals surface area contributed by atoms with Crippen molar-refractivity contribution in [1.82, 2.24) is 15.0 Å². The second-order valence-electron chi connectivity index (χ2n) is 7.53. The van der Waals surface area contributed by atoms with Gasteiger partial charge in [-0.25, -0.2) is 0 Å². The molecule has 3 heterocycles. The summed E-state index contributed by atoms with van der Waals surface area (Å²) >= 11 is 1.65. The third-order valence-electron chi connectivity index (χ3n) is 5.29. The van der Waals surface area contributed by atoms with Crippen LogP contribution in [0.4, 0.5) is 5.69 Å². The molecule has 1 saturated heterocycles. The largest absolute Gasteiger partial charge is 0.355 e. The van der Waals surface area contributed by atoms with Crippen molar-refractivity contribution in [3.8, 4) is 10.6 Å². The molecule has 3 aromatic rings. The van der Waals surface area contributed by atoms with Crippen LogP contribution in [0.15, 0.2) is 46.3 Å². The van der Waals surface area contributed by atoms with Crippen LogP contribution in [-0.2, 0) is 11.3 Å². The van der Waals surface area contributed by atoms with Gasteiger partial charge in [-0.15, -0.1) is 11.3 Å². The Morgan fingerprint density at radius 2 is 1.83 bits per heavy atom. The molecule has 0 atom stereocenters. The molecule has 2 aromatic heterocycles. The molecule has 0 radical (unpaired) electrons. The number of hydrogen-bond donors (Lipinski definition) is 1. The van der Waals surface area contributed by atoms with Crippen molar-refractivity contribution in [2.24, 2.45) is 0 Å². The molecule has 0 spiro atoms. The van der Waals surface area contributed by atoms with Gasteiger partial charge in [0.1, 0.15) is 0 Å². The Kier molecular flexibility index (Phi) is 6.08. The van der Waals surface area contributed by atoms with Crippen molar-refractivity contribution in [3.05, 3.63) is 58.6 Å². The zero-order valence-corrected chi connectivity index (χ0v) is 17.7. The molecular weight excluding hydrogens is 384 g/mol. The maximum atomic E-state index is 12.5. The predicted octanol–water partition coefficient (Wildman–Crippen LogP) is 3.78. The van der Waals surface area contributed by atoms with Crippen LogP contribution in [0, 0.1) is 13.8 Å². The van der Waals surface area contributed by atoms with Crippen molar-refractivity contribution in [1.29, 1.82) is 0 Å². The van der Waals surface area contributed by atoms with Crippen LogP contribution >= 0.6 is 11.3 Å². The van der Waals surface area contributed by atoms with Gasteiger partial charge in [0.05, 0.1) is 17.1 Å². The number of carbonyl (C=O) groups excluding carboxylic acids is 1. The minimum atomic E-state index is 0.0490. The van der Waals surface area contributed by atoms with E-state index in [1.165, 1.54) is 0 Å². The van der Waals surface area contributed by atoms with Gasteiger partial charge < -0.3 is 9.84 Å². The number of nitrogens with one attached hydrogen (secondary N) is 1. The molecular formula is C22H26N4O2S. The van der Waals surface area contributed by atoms with E-state index in [0.29, 0.717) is 6.54 Å². The molecule has 0 aliphatic carbocycles. The Balaban J connectivity index is 1.25. The quantitative estimate of drug-likeness (QED) is 0.670. The van der Waals surface area contributed by atoms with Crippen molar-refractivity contribution in [3.63, 3.8) is 0 Å². The molecule has 152 valence electrons. The Bertz CT molecular complexity index is 939. The van der Waals surface area contributed by atoms with E-state index in [9.17, 15) is 4.79 Å². The highest BCUT2D eigenvalue weighted by Crippen LogP contribution is 2.25. The minimum Gasteiger partial charge on any atom is -0.355 e. The molecule has 0 unspecified atom stereocenters. The van der Waals surface area contributed by atoms with Crippen LogP contribution in [0.1, 0.15) is 16.8 Å². The fourth-order valence-corrected chi connectivity index (χ4v) is 4.32. The van der Waals surface area contributed by atoms with E-state index in [4.69, 9.17) is 4.52 Å². The molecule has 1 aromatic carbocycles. The number of amides is 1. The number of anilines is 1. The predicted molar refractivity (Wildman–Crippen MR) is 116 cm³/mol. The zero-order chi connectivity index (χ0) is 20.2. The van der Waals surface area contributed by atoms with Gasteiger partial charge in [0.25, 0.3) is 0 Å². The number of piperazine rings is 1. The van der Waals surface area contributed by atoms with Gasteiger partial charge in [0, 0.05) is 44.5 Å². The number of para-hydroxylation sites is 1. The average Bonchev–Trinajstić information content (AvgIpc) is 3.38. The molecule has 29 heavy (non-hydrogen) atoms. The van der Waals surface area contributed by atoms with Crippen molar-refractivity contribution < 1.29 is 9.32 Å². The summed E-state index contributed by atoms with van der Waals surface area (Å²) in [5.74, 6) is 0.879. The number of rotatable bonds is 6. The smallest absolute Gasteiger partial charge is 0.238 e. The van der Waals surface area contributed by atoms with Crippen molar-refractivity contribution in [2.45, 2.75) is 20.4 Å². The second kappa shape index (κ2) is 8.90. The van der Waals surface area contributed by atoms with Crippen LogP contribution in [0.25, 0.3) is 10.6 Å². The molecule has 1 N–H and O–H groups in total. The number of nitrogens with zero attached hydrogens (tertiary/aromatic N) is 3. The summed E-state index contributed by atoms with van der Waals surface area (Å²) in [5, 5.41) is 9.32. The number of carbonyl (C=O) groups is 1. The lowest BCUT2D eigenvalue weighted by Crippen LogP contribution is -2.48. The summed E-state index contributed by atoms with van der Waals surface area (Å²) in [7, 11) is 0. The van der Waals surface area contributed by atoms with E-state index in [0.717, 1.165) is 65.9 Å². The molecule has 7 heteroatoms. The highest BCUT2D eigenvalue weighted by molar-refractivity contribution is 7.13. The Morgan fingerprint density at radius 1 is 1.10 bits per heavy atom. The van der Waals surface area contributed by atoms with Gasteiger partial charge >= 0.3 is 0 Å². The first-order valence-corrected chi connectivity index (χ1v) is 10.8. The van der Waals surface area contributed by atoms with E-state index in [-0.39, 0.29) is 5.91 Å². The zero-order valence-electron chi connectivity index (χ0n) is 16.9. The number of thiophene rings is 1. The first-order valence-electron chi connectivity index (χ1n) is 9.89. The van der Waals surface area contributed by atoms with E-state index in [2.05, 4.69) is 20.3 Å². The molecule has 1 aliphatic rings.